The summed E-state index contributed by atoms with van der Waals surface area (Å²) >= 11 is 0. The second-order valence-corrected chi connectivity index (χ2v) is 4.38. The molecule has 2 nitrogen and oxygen atoms in total. The number of rotatable bonds is 0. The first-order chi connectivity index (χ1) is 7.34. The Bertz CT molecular complexity index is 502. The smallest absolute Gasteiger partial charge is 0.0459 e. The van der Waals surface area contributed by atoms with Crippen LogP contribution in [0.2, 0.25) is 0 Å². The number of nitrogens with one attached hydrogen (secondary N) is 2. The highest BCUT2D eigenvalue weighted by atomic mass is 35.5. The van der Waals surface area contributed by atoms with Gasteiger partial charge in [-0.2, -0.15) is 0 Å². The molecule has 86 valence electrons. The van der Waals surface area contributed by atoms with Crippen LogP contribution in [0.3, 0.4) is 0 Å². The van der Waals surface area contributed by atoms with Gasteiger partial charge in [-0.1, -0.05) is 11.6 Å². The fraction of sp³-hybridized carbons (Fsp3) is 0.385. The molecule has 1 aliphatic heterocycles. The summed E-state index contributed by atoms with van der Waals surface area (Å²) in [5, 5.41) is 4.86. The van der Waals surface area contributed by atoms with Crippen molar-refractivity contribution < 1.29 is 0 Å². The highest BCUT2D eigenvalue weighted by molar-refractivity contribution is 5.85. The van der Waals surface area contributed by atoms with Gasteiger partial charge < -0.3 is 10.3 Å². The zero-order chi connectivity index (χ0) is 10.3. The number of aryl methyl sites for hydroxylation is 1. The van der Waals surface area contributed by atoms with Crippen molar-refractivity contribution >= 4 is 23.3 Å². The number of hydrogen-bond acceptors (Lipinski definition) is 1. The average Bonchev–Trinajstić information content (AvgIpc) is 2.44. The van der Waals surface area contributed by atoms with Crippen molar-refractivity contribution in [1.82, 2.24) is 10.3 Å². The van der Waals surface area contributed by atoms with Crippen molar-refractivity contribution in [2.24, 2.45) is 0 Å². The Morgan fingerprint density at radius 1 is 1.12 bits per heavy atom. The lowest BCUT2D eigenvalue weighted by molar-refractivity contribution is 0.708. The van der Waals surface area contributed by atoms with E-state index in [2.05, 4.69) is 35.4 Å². The van der Waals surface area contributed by atoms with E-state index in [1.807, 2.05) is 0 Å². The van der Waals surface area contributed by atoms with Crippen LogP contribution in [0.25, 0.3) is 10.9 Å². The van der Waals surface area contributed by atoms with Crippen molar-refractivity contribution in [3.05, 3.63) is 35.0 Å². The largest absolute Gasteiger partial charge is 0.358 e. The highest BCUT2D eigenvalue weighted by Gasteiger charge is 2.13. The van der Waals surface area contributed by atoms with Crippen LogP contribution in [-0.4, -0.2) is 18.1 Å². The molecule has 1 aromatic carbocycles. The van der Waals surface area contributed by atoms with Gasteiger partial charge in [0.15, 0.2) is 0 Å². The lowest BCUT2D eigenvalue weighted by Gasteiger charge is -1.99. The van der Waals surface area contributed by atoms with Crippen LogP contribution in [0, 0.1) is 6.92 Å². The van der Waals surface area contributed by atoms with Gasteiger partial charge in [0.1, 0.15) is 0 Å². The van der Waals surface area contributed by atoms with Crippen LogP contribution in [0.4, 0.5) is 0 Å². The number of fused-ring (bicyclic) bond motifs is 3. The van der Waals surface area contributed by atoms with E-state index in [0.29, 0.717) is 0 Å². The average molecular weight is 237 g/mol. The topological polar surface area (TPSA) is 27.8 Å². The van der Waals surface area contributed by atoms with Gasteiger partial charge in [-0.25, -0.2) is 0 Å². The molecule has 0 spiro atoms. The number of hydrogen-bond donors (Lipinski definition) is 2. The minimum absolute atomic E-state index is 0. The summed E-state index contributed by atoms with van der Waals surface area (Å²) in [7, 11) is 0. The molecule has 0 saturated carbocycles. The molecule has 0 amide bonds. The molecule has 0 saturated heterocycles. The maximum absolute atomic E-state index is 3.54. The maximum Gasteiger partial charge on any atom is 0.0459 e. The number of benzene rings is 1. The molecule has 0 bridgehead atoms. The standard InChI is InChI=1S/C13H16N2.ClH/c1-9-2-3-12-11(8-9)10-4-6-14-7-5-13(10)15-12;/h2-3,8,14-15H,4-7H2,1H3;1H. The Labute approximate surface area is 102 Å². The SMILES string of the molecule is Cc1ccc2[nH]c3c(c2c1)CCNCC3.Cl. The van der Waals surface area contributed by atoms with Crippen molar-refractivity contribution in [3.63, 3.8) is 0 Å². The molecule has 1 aromatic heterocycles. The summed E-state index contributed by atoms with van der Waals surface area (Å²) in [5.41, 5.74) is 5.60. The van der Waals surface area contributed by atoms with E-state index in [0.717, 1.165) is 25.9 Å². The third-order valence-corrected chi connectivity index (χ3v) is 3.25. The predicted molar refractivity (Wildman–Crippen MR) is 70.6 cm³/mol. The van der Waals surface area contributed by atoms with Crippen LogP contribution >= 0.6 is 12.4 Å². The van der Waals surface area contributed by atoms with Crippen molar-refractivity contribution in [1.29, 1.82) is 0 Å². The third kappa shape index (κ3) is 1.83. The molecule has 16 heavy (non-hydrogen) atoms. The summed E-state index contributed by atoms with van der Waals surface area (Å²) in [6, 6.07) is 6.68. The lowest BCUT2D eigenvalue weighted by Crippen LogP contribution is -2.16. The molecular weight excluding hydrogens is 220 g/mol. The summed E-state index contributed by atoms with van der Waals surface area (Å²) in [4.78, 5) is 3.54. The minimum atomic E-state index is 0. The molecule has 0 radical (unpaired) electrons. The molecule has 2 N–H and O–H groups in total. The van der Waals surface area contributed by atoms with Gasteiger partial charge in [-0.05, 0) is 37.6 Å². The normalized spacial score (nSPS) is 15.3. The minimum Gasteiger partial charge on any atom is -0.358 e. The van der Waals surface area contributed by atoms with Crippen LogP contribution in [-0.2, 0) is 12.8 Å². The Hall–Kier alpha value is -0.990. The first kappa shape index (κ1) is 11.5. The summed E-state index contributed by atoms with van der Waals surface area (Å²) in [5.74, 6) is 0. The van der Waals surface area contributed by atoms with E-state index in [1.165, 1.54) is 27.7 Å². The Kier molecular flexibility index (Phi) is 3.22. The van der Waals surface area contributed by atoms with E-state index in [4.69, 9.17) is 0 Å². The zero-order valence-corrected chi connectivity index (χ0v) is 10.3. The van der Waals surface area contributed by atoms with E-state index in [9.17, 15) is 0 Å². The fourth-order valence-electron chi connectivity index (χ4n) is 2.47. The second-order valence-electron chi connectivity index (χ2n) is 4.38. The third-order valence-electron chi connectivity index (χ3n) is 3.25. The van der Waals surface area contributed by atoms with Crippen LogP contribution in [0.5, 0.6) is 0 Å². The van der Waals surface area contributed by atoms with E-state index >= 15 is 0 Å². The molecular formula is C13H17ClN2. The van der Waals surface area contributed by atoms with Gasteiger partial charge in [0.05, 0.1) is 0 Å². The summed E-state index contributed by atoms with van der Waals surface area (Å²) < 4.78 is 0. The van der Waals surface area contributed by atoms with E-state index in [1.54, 1.807) is 0 Å². The molecule has 0 atom stereocenters. The maximum atomic E-state index is 3.54. The van der Waals surface area contributed by atoms with Crippen LogP contribution in [0.1, 0.15) is 16.8 Å². The fourth-order valence-corrected chi connectivity index (χ4v) is 2.47. The van der Waals surface area contributed by atoms with Crippen LogP contribution < -0.4 is 5.32 Å². The quantitative estimate of drug-likeness (QED) is 0.723. The van der Waals surface area contributed by atoms with Crippen molar-refractivity contribution in [2.75, 3.05) is 13.1 Å². The van der Waals surface area contributed by atoms with E-state index in [-0.39, 0.29) is 12.4 Å². The first-order valence-electron chi connectivity index (χ1n) is 5.65. The molecule has 0 aliphatic carbocycles. The van der Waals surface area contributed by atoms with Gasteiger partial charge in [0, 0.05) is 29.6 Å². The lowest BCUT2D eigenvalue weighted by atomic mass is 10.1. The van der Waals surface area contributed by atoms with Gasteiger partial charge in [0.2, 0.25) is 0 Å². The first-order valence-corrected chi connectivity index (χ1v) is 5.65. The Morgan fingerprint density at radius 2 is 1.94 bits per heavy atom. The van der Waals surface area contributed by atoms with Gasteiger partial charge in [-0.3, -0.25) is 0 Å². The molecule has 2 aromatic rings. The number of H-pyrrole nitrogens is 1. The molecule has 0 fully saturated rings. The molecule has 0 unspecified atom stereocenters. The highest BCUT2D eigenvalue weighted by Crippen LogP contribution is 2.25. The second kappa shape index (κ2) is 4.48. The molecule has 2 heterocycles. The monoisotopic (exact) mass is 236 g/mol. The molecule has 1 aliphatic rings. The van der Waals surface area contributed by atoms with Gasteiger partial charge in [0.25, 0.3) is 0 Å². The number of halogens is 1. The van der Waals surface area contributed by atoms with E-state index < -0.39 is 0 Å². The summed E-state index contributed by atoms with van der Waals surface area (Å²) in [6.07, 6.45) is 2.28. The van der Waals surface area contributed by atoms with Crippen molar-refractivity contribution in [3.8, 4) is 0 Å². The number of aromatic amines is 1. The number of aromatic nitrogens is 1. The van der Waals surface area contributed by atoms with Gasteiger partial charge in [-0.15, -0.1) is 12.4 Å². The molecule has 3 rings (SSSR count). The predicted octanol–water partition coefficient (Wildman–Crippen LogP) is 2.59. The Morgan fingerprint density at radius 3 is 2.81 bits per heavy atom. The zero-order valence-electron chi connectivity index (χ0n) is 9.47. The summed E-state index contributed by atoms with van der Waals surface area (Å²) in [6.45, 7) is 4.36. The van der Waals surface area contributed by atoms with Crippen molar-refractivity contribution in [2.45, 2.75) is 19.8 Å². The van der Waals surface area contributed by atoms with Gasteiger partial charge >= 0.3 is 0 Å². The Balaban J connectivity index is 0.000000963. The van der Waals surface area contributed by atoms with Crippen LogP contribution in [0.15, 0.2) is 18.2 Å². The molecule has 3 heteroatoms.